The monoisotopic (exact) mass is 122 g/mol. The predicted octanol–water partition coefficient (Wildman–Crippen LogP) is 0.0216. The van der Waals surface area contributed by atoms with Gasteiger partial charge < -0.3 is 4.18 Å². The van der Waals surface area contributed by atoms with Crippen molar-refractivity contribution in [3.63, 3.8) is 0 Å². The van der Waals surface area contributed by atoms with Crippen LogP contribution < -0.4 is 0 Å². The van der Waals surface area contributed by atoms with Gasteiger partial charge in [-0.05, 0) is 19.3 Å². The highest BCUT2D eigenvalue weighted by atomic mass is 32.1. The standard InChI is InChI=1S/C3H10OSSi/c5-4-2-1-3-6/h5H,1-3H2,6H3. The van der Waals surface area contributed by atoms with Crippen LogP contribution in [0.3, 0.4) is 0 Å². The molecular formula is C3H10OSSi. The van der Waals surface area contributed by atoms with Gasteiger partial charge in [0, 0.05) is 10.2 Å². The molecule has 0 radical (unpaired) electrons. The molecule has 0 heterocycles. The average Bonchev–Trinajstić information content (AvgIpc) is 1.61. The molecule has 1 nitrogen and oxygen atoms in total. The van der Waals surface area contributed by atoms with Gasteiger partial charge in [-0.25, -0.2) is 0 Å². The van der Waals surface area contributed by atoms with Gasteiger partial charge >= 0.3 is 0 Å². The van der Waals surface area contributed by atoms with Crippen molar-refractivity contribution < 1.29 is 4.18 Å². The van der Waals surface area contributed by atoms with E-state index in [2.05, 4.69) is 17.1 Å². The largest absolute Gasteiger partial charge is 0.319 e. The summed E-state index contributed by atoms with van der Waals surface area (Å²) in [7, 11) is 1.29. The summed E-state index contributed by atoms with van der Waals surface area (Å²) in [5, 5.41) is 0. The highest BCUT2D eigenvalue weighted by Crippen LogP contribution is 1.86. The van der Waals surface area contributed by atoms with Crippen molar-refractivity contribution in [1.29, 1.82) is 0 Å². The topological polar surface area (TPSA) is 9.23 Å². The minimum absolute atomic E-state index is 0.812. The third-order valence-corrected chi connectivity index (χ3v) is 1.48. The molecule has 0 amide bonds. The van der Waals surface area contributed by atoms with E-state index < -0.39 is 0 Å². The van der Waals surface area contributed by atoms with Crippen LogP contribution in [-0.2, 0) is 4.18 Å². The summed E-state index contributed by atoms with van der Waals surface area (Å²) in [4.78, 5) is 0. The fourth-order valence-electron chi connectivity index (χ4n) is 0.209. The molecule has 0 bridgehead atoms. The molecule has 0 aliphatic rings. The molecule has 3 heteroatoms. The van der Waals surface area contributed by atoms with E-state index in [1.165, 1.54) is 22.7 Å². The molecule has 0 saturated carbocycles. The van der Waals surface area contributed by atoms with Gasteiger partial charge in [0.1, 0.15) is 0 Å². The molecule has 0 aromatic rings. The van der Waals surface area contributed by atoms with Crippen molar-refractivity contribution in [3.8, 4) is 0 Å². The van der Waals surface area contributed by atoms with Gasteiger partial charge in [-0.3, -0.25) is 0 Å². The Morgan fingerprint density at radius 2 is 2.33 bits per heavy atom. The molecule has 0 aromatic carbocycles. The van der Waals surface area contributed by atoms with Gasteiger partial charge in [-0.2, -0.15) is 0 Å². The summed E-state index contributed by atoms with van der Waals surface area (Å²) in [6, 6.07) is 1.32. The van der Waals surface area contributed by atoms with E-state index in [-0.39, 0.29) is 0 Å². The lowest BCUT2D eigenvalue weighted by Gasteiger charge is -1.87. The first-order valence-electron chi connectivity index (χ1n) is 2.18. The van der Waals surface area contributed by atoms with E-state index >= 15 is 0 Å². The molecule has 0 saturated heterocycles. The quantitative estimate of drug-likeness (QED) is 0.240. The van der Waals surface area contributed by atoms with Crippen LogP contribution in [0.4, 0.5) is 0 Å². The lowest BCUT2D eigenvalue weighted by Crippen LogP contribution is -1.80. The number of thiol groups is 1. The Morgan fingerprint density at radius 3 is 2.50 bits per heavy atom. The van der Waals surface area contributed by atoms with Crippen LogP contribution in [0.15, 0.2) is 0 Å². The van der Waals surface area contributed by atoms with Gasteiger partial charge in [-0.15, -0.1) is 0 Å². The predicted molar refractivity (Wildman–Crippen MR) is 34.3 cm³/mol. The lowest BCUT2D eigenvalue weighted by atomic mass is 10.5. The molecule has 0 aromatic heterocycles. The second kappa shape index (κ2) is 5.53. The van der Waals surface area contributed by atoms with Crippen LogP contribution in [0, 0.1) is 0 Å². The van der Waals surface area contributed by atoms with Gasteiger partial charge in [0.25, 0.3) is 0 Å². The van der Waals surface area contributed by atoms with Gasteiger partial charge in [0.2, 0.25) is 0 Å². The zero-order valence-electron chi connectivity index (χ0n) is 3.98. The molecule has 0 atom stereocenters. The second-order valence-corrected chi connectivity index (χ2v) is 2.44. The molecule has 0 N–H and O–H groups in total. The highest BCUT2D eigenvalue weighted by molar-refractivity contribution is 7.75. The third-order valence-electron chi connectivity index (χ3n) is 0.589. The van der Waals surface area contributed by atoms with Crippen LogP contribution in [0.5, 0.6) is 0 Å². The molecule has 0 unspecified atom stereocenters. The second-order valence-electron chi connectivity index (χ2n) is 1.19. The van der Waals surface area contributed by atoms with E-state index in [9.17, 15) is 0 Å². The summed E-state index contributed by atoms with van der Waals surface area (Å²) in [6.07, 6.45) is 1.18. The molecule has 0 aliphatic carbocycles. The Balaban J connectivity index is 2.34. The zero-order valence-corrected chi connectivity index (χ0v) is 6.87. The molecular weight excluding hydrogens is 112 g/mol. The van der Waals surface area contributed by atoms with Crippen molar-refractivity contribution in [2.45, 2.75) is 12.5 Å². The van der Waals surface area contributed by atoms with Crippen molar-refractivity contribution >= 4 is 23.2 Å². The van der Waals surface area contributed by atoms with Crippen molar-refractivity contribution in [2.75, 3.05) is 6.61 Å². The number of hydrogen-bond acceptors (Lipinski definition) is 2. The molecule has 0 fully saturated rings. The van der Waals surface area contributed by atoms with Crippen LogP contribution in [0.1, 0.15) is 6.42 Å². The Bertz CT molecular complexity index is 22.8. The number of rotatable bonds is 3. The minimum Gasteiger partial charge on any atom is -0.319 e. The van der Waals surface area contributed by atoms with E-state index in [0.29, 0.717) is 0 Å². The summed E-state index contributed by atoms with van der Waals surface area (Å²) < 4.78 is 4.50. The van der Waals surface area contributed by atoms with E-state index in [1.54, 1.807) is 0 Å². The maximum Gasteiger partial charge on any atom is 0.0607 e. The number of hydrogen-bond donors (Lipinski definition) is 1. The smallest absolute Gasteiger partial charge is 0.0607 e. The Hall–Kier alpha value is 0.527. The van der Waals surface area contributed by atoms with Crippen LogP contribution in [0.25, 0.3) is 0 Å². The minimum atomic E-state index is 0.812. The SMILES string of the molecule is [SiH3]CCCOS. The van der Waals surface area contributed by atoms with Crippen molar-refractivity contribution in [2.24, 2.45) is 0 Å². The molecule has 0 aliphatic heterocycles. The summed E-state index contributed by atoms with van der Waals surface area (Å²) in [5.41, 5.74) is 0. The first-order valence-corrected chi connectivity index (χ1v) is 3.96. The van der Waals surface area contributed by atoms with Crippen molar-refractivity contribution in [3.05, 3.63) is 0 Å². The lowest BCUT2D eigenvalue weighted by molar-refractivity contribution is 0.381. The fourth-order valence-corrected chi connectivity index (χ4v) is 0.627. The first-order chi connectivity index (χ1) is 2.91. The van der Waals surface area contributed by atoms with Crippen molar-refractivity contribution in [1.82, 2.24) is 0 Å². The Morgan fingerprint density at radius 1 is 1.67 bits per heavy atom. The average molecular weight is 122 g/mol. The van der Waals surface area contributed by atoms with Crippen LogP contribution in [0.2, 0.25) is 6.04 Å². The van der Waals surface area contributed by atoms with Gasteiger partial charge in [0.15, 0.2) is 0 Å². The molecule has 6 heavy (non-hydrogen) atoms. The maximum absolute atomic E-state index is 4.50. The zero-order chi connectivity index (χ0) is 4.83. The van der Waals surface area contributed by atoms with E-state index in [0.717, 1.165) is 6.61 Å². The summed E-state index contributed by atoms with van der Waals surface area (Å²) >= 11 is 3.57. The fraction of sp³-hybridized carbons (Fsp3) is 1.00. The van der Waals surface area contributed by atoms with Gasteiger partial charge in [-0.1, -0.05) is 6.04 Å². The van der Waals surface area contributed by atoms with Crippen LogP contribution in [-0.4, -0.2) is 16.8 Å². The summed E-state index contributed by atoms with van der Waals surface area (Å²) in [6.45, 7) is 0.812. The third kappa shape index (κ3) is 4.53. The normalized spacial score (nSPS) is 9.50. The van der Waals surface area contributed by atoms with E-state index in [1.807, 2.05) is 0 Å². The van der Waals surface area contributed by atoms with E-state index in [4.69, 9.17) is 0 Å². The molecule has 0 rings (SSSR count). The highest BCUT2D eigenvalue weighted by Gasteiger charge is 1.75. The van der Waals surface area contributed by atoms with Crippen LogP contribution >= 0.6 is 12.9 Å². The summed E-state index contributed by atoms with van der Waals surface area (Å²) in [5.74, 6) is 0. The molecule has 0 spiro atoms. The first kappa shape index (κ1) is 6.53. The Kier molecular flexibility index (Phi) is 6.01. The molecule has 38 valence electrons. The Labute approximate surface area is 47.1 Å². The van der Waals surface area contributed by atoms with Gasteiger partial charge in [0.05, 0.1) is 6.61 Å². The maximum atomic E-state index is 4.50.